The van der Waals surface area contributed by atoms with E-state index in [4.69, 9.17) is 4.98 Å². The highest BCUT2D eigenvalue weighted by Crippen LogP contribution is 2.19. The molecule has 0 radical (unpaired) electrons. The molecule has 3 aromatic rings. The van der Waals surface area contributed by atoms with Crippen molar-refractivity contribution in [2.45, 2.75) is 51.5 Å². The highest BCUT2D eigenvalue weighted by molar-refractivity contribution is 5.75. The van der Waals surface area contributed by atoms with Gasteiger partial charge in [0.05, 0.1) is 11.0 Å². The number of hydrogen-bond acceptors (Lipinski definition) is 2. The van der Waals surface area contributed by atoms with E-state index < -0.39 is 0 Å². The van der Waals surface area contributed by atoms with Gasteiger partial charge in [0.2, 0.25) is 0 Å². The first-order chi connectivity index (χ1) is 13.4. The molecule has 1 saturated heterocycles. The van der Waals surface area contributed by atoms with Gasteiger partial charge in [-0.3, -0.25) is 0 Å². The minimum Gasteiger partial charge on any atom is -0.328 e. The van der Waals surface area contributed by atoms with Crippen molar-refractivity contribution in [2.75, 3.05) is 19.6 Å². The van der Waals surface area contributed by atoms with Crippen LogP contribution in [0.25, 0.3) is 11.0 Å². The molecule has 27 heavy (non-hydrogen) atoms. The van der Waals surface area contributed by atoms with Crippen LogP contribution >= 0.6 is 0 Å². The normalized spacial score (nSPS) is 15.9. The third-order valence-electron chi connectivity index (χ3n) is 5.77. The van der Waals surface area contributed by atoms with E-state index in [0.717, 1.165) is 24.9 Å². The van der Waals surface area contributed by atoms with Crippen LogP contribution in [0.2, 0.25) is 0 Å². The summed E-state index contributed by atoms with van der Waals surface area (Å²) in [4.78, 5) is 7.63. The van der Waals surface area contributed by atoms with Gasteiger partial charge in [-0.1, -0.05) is 55.3 Å². The van der Waals surface area contributed by atoms with Gasteiger partial charge in [0.25, 0.3) is 0 Å². The van der Waals surface area contributed by atoms with E-state index in [9.17, 15) is 0 Å². The zero-order valence-corrected chi connectivity index (χ0v) is 16.3. The Morgan fingerprint density at radius 3 is 2.30 bits per heavy atom. The average Bonchev–Trinajstić information content (AvgIpc) is 2.86. The minimum absolute atomic E-state index is 1.00. The molecule has 0 bridgehead atoms. The van der Waals surface area contributed by atoms with Crippen LogP contribution < -0.4 is 0 Å². The van der Waals surface area contributed by atoms with E-state index in [1.165, 1.54) is 68.6 Å². The van der Waals surface area contributed by atoms with Gasteiger partial charge in [-0.25, -0.2) is 4.98 Å². The third-order valence-corrected chi connectivity index (χ3v) is 5.77. The molecule has 1 aromatic heterocycles. The molecule has 2 heterocycles. The quantitative estimate of drug-likeness (QED) is 0.584. The number of likely N-dealkylation sites (tertiary alicyclic amines) is 1. The van der Waals surface area contributed by atoms with E-state index in [-0.39, 0.29) is 0 Å². The third kappa shape index (κ3) is 4.78. The molecule has 0 amide bonds. The van der Waals surface area contributed by atoms with E-state index in [1.54, 1.807) is 0 Å². The summed E-state index contributed by atoms with van der Waals surface area (Å²) in [5.74, 6) is 1.25. The summed E-state index contributed by atoms with van der Waals surface area (Å²) in [5.41, 5.74) is 3.80. The molecule has 0 saturated carbocycles. The Kier molecular flexibility index (Phi) is 6.21. The SMILES string of the molecule is c1ccc(CCn2c(CCCN3CCCCCC3)nc3ccccc32)cc1. The molecule has 1 fully saturated rings. The summed E-state index contributed by atoms with van der Waals surface area (Å²) in [6.07, 6.45) is 8.89. The number of nitrogens with zero attached hydrogens (tertiary/aromatic N) is 3. The molecular formula is C24H31N3. The maximum absolute atomic E-state index is 4.97. The maximum Gasteiger partial charge on any atom is 0.109 e. The molecule has 3 nitrogen and oxygen atoms in total. The molecular weight excluding hydrogens is 330 g/mol. The van der Waals surface area contributed by atoms with Gasteiger partial charge in [0.1, 0.15) is 5.82 Å². The Morgan fingerprint density at radius 2 is 1.48 bits per heavy atom. The molecule has 0 atom stereocenters. The Labute approximate surface area is 163 Å². The van der Waals surface area contributed by atoms with Gasteiger partial charge in [-0.15, -0.1) is 0 Å². The molecule has 0 aliphatic carbocycles. The fraction of sp³-hybridized carbons (Fsp3) is 0.458. The van der Waals surface area contributed by atoms with Crippen LogP contribution in [0.3, 0.4) is 0 Å². The highest BCUT2D eigenvalue weighted by atomic mass is 15.1. The van der Waals surface area contributed by atoms with Crippen LogP contribution in [0.4, 0.5) is 0 Å². The summed E-state index contributed by atoms with van der Waals surface area (Å²) in [5, 5.41) is 0. The number of para-hydroxylation sites is 2. The second-order valence-corrected chi connectivity index (χ2v) is 7.76. The zero-order chi connectivity index (χ0) is 18.3. The zero-order valence-electron chi connectivity index (χ0n) is 16.3. The maximum atomic E-state index is 4.97. The minimum atomic E-state index is 1.00. The monoisotopic (exact) mass is 361 g/mol. The average molecular weight is 362 g/mol. The second-order valence-electron chi connectivity index (χ2n) is 7.76. The Morgan fingerprint density at radius 1 is 0.741 bits per heavy atom. The van der Waals surface area contributed by atoms with Crippen molar-refractivity contribution in [3.8, 4) is 0 Å². The predicted molar refractivity (Wildman–Crippen MR) is 113 cm³/mol. The standard InChI is InChI=1S/C24H31N3/c1-2-9-18-26(17-8-1)19-10-15-24-25-22-13-6-7-14-23(22)27(24)20-16-21-11-4-3-5-12-21/h3-7,11-14H,1-2,8-10,15-20H2. The number of hydrogen-bond donors (Lipinski definition) is 0. The van der Waals surface area contributed by atoms with Crippen LogP contribution in [-0.4, -0.2) is 34.1 Å². The van der Waals surface area contributed by atoms with Crippen LogP contribution in [0.15, 0.2) is 54.6 Å². The number of rotatable bonds is 7. The van der Waals surface area contributed by atoms with Crippen molar-refractivity contribution >= 4 is 11.0 Å². The number of aryl methyl sites for hydroxylation is 3. The van der Waals surface area contributed by atoms with E-state index in [0.29, 0.717) is 0 Å². The Balaban J connectivity index is 1.44. The molecule has 0 unspecified atom stereocenters. The van der Waals surface area contributed by atoms with E-state index in [2.05, 4.69) is 64.1 Å². The van der Waals surface area contributed by atoms with Crippen LogP contribution in [-0.2, 0) is 19.4 Å². The van der Waals surface area contributed by atoms with Gasteiger partial charge in [-0.2, -0.15) is 0 Å². The first kappa shape index (κ1) is 18.2. The lowest BCUT2D eigenvalue weighted by molar-refractivity contribution is 0.280. The number of benzene rings is 2. The lowest BCUT2D eigenvalue weighted by Crippen LogP contribution is -2.26. The lowest BCUT2D eigenvalue weighted by atomic mass is 10.1. The summed E-state index contributed by atoms with van der Waals surface area (Å²) in [6, 6.07) is 19.4. The summed E-state index contributed by atoms with van der Waals surface area (Å²) < 4.78 is 2.45. The summed E-state index contributed by atoms with van der Waals surface area (Å²) in [7, 11) is 0. The van der Waals surface area contributed by atoms with E-state index in [1.807, 2.05) is 0 Å². The molecule has 2 aromatic carbocycles. The summed E-state index contributed by atoms with van der Waals surface area (Å²) >= 11 is 0. The first-order valence-electron chi connectivity index (χ1n) is 10.6. The summed E-state index contributed by atoms with van der Waals surface area (Å²) in [6.45, 7) is 4.78. The Hall–Kier alpha value is -2.13. The predicted octanol–water partition coefficient (Wildman–Crippen LogP) is 5.09. The molecule has 1 aliphatic heterocycles. The molecule has 142 valence electrons. The lowest BCUT2D eigenvalue weighted by Gasteiger charge is -2.19. The Bertz CT molecular complexity index is 829. The van der Waals surface area contributed by atoms with Crippen molar-refractivity contribution in [1.29, 1.82) is 0 Å². The van der Waals surface area contributed by atoms with Crippen LogP contribution in [0.1, 0.15) is 43.5 Å². The fourth-order valence-electron chi connectivity index (χ4n) is 4.27. The van der Waals surface area contributed by atoms with E-state index >= 15 is 0 Å². The molecule has 1 aliphatic rings. The van der Waals surface area contributed by atoms with Crippen molar-refractivity contribution in [3.63, 3.8) is 0 Å². The van der Waals surface area contributed by atoms with Gasteiger partial charge >= 0.3 is 0 Å². The largest absolute Gasteiger partial charge is 0.328 e. The molecule has 4 rings (SSSR count). The molecule has 3 heteroatoms. The first-order valence-corrected chi connectivity index (χ1v) is 10.6. The van der Waals surface area contributed by atoms with Gasteiger partial charge in [0.15, 0.2) is 0 Å². The van der Waals surface area contributed by atoms with Crippen molar-refractivity contribution in [3.05, 3.63) is 66.0 Å². The van der Waals surface area contributed by atoms with Crippen LogP contribution in [0, 0.1) is 0 Å². The van der Waals surface area contributed by atoms with Crippen LogP contribution in [0.5, 0.6) is 0 Å². The number of fused-ring (bicyclic) bond motifs is 1. The van der Waals surface area contributed by atoms with Gasteiger partial charge < -0.3 is 9.47 Å². The van der Waals surface area contributed by atoms with Gasteiger partial charge in [0, 0.05) is 13.0 Å². The second kappa shape index (κ2) is 9.18. The van der Waals surface area contributed by atoms with Crippen molar-refractivity contribution < 1.29 is 0 Å². The van der Waals surface area contributed by atoms with Crippen molar-refractivity contribution in [2.24, 2.45) is 0 Å². The van der Waals surface area contributed by atoms with Crippen molar-refractivity contribution in [1.82, 2.24) is 14.5 Å². The smallest absolute Gasteiger partial charge is 0.109 e. The highest BCUT2D eigenvalue weighted by Gasteiger charge is 2.12. The molecule has 0 spiro atoms. The number of aromatic nitrogens is 2. The fourth-order valence-corrected chi connectivity index (χ4v) is 4.27. The topological polar surface area (TPSA) is 21.1 Å². The molecule has 0 N–H and O–H groups in total. The number of imidazole rings is 1. The van der Waals surface area contributed by atoms with Gasteiger partial charge in [-0.05, 0) is 63.0 Å².